The fourth-order valence-corrected chi connectivity index (χ4v) is 2.14. The van der Waals surface area contributed by atoms with Crippen LogP contribution in [0.25, 0.3) is 0 Å². The van der Waals surface area contributed by atoms with Crippen LogP contribution in [-0.4, -0.2) is 11.5 Å². The Kier molecular flexibility index (Phi) is 3.01. The minimum absolute atomic E-state index is 0.560. The maximum absolute atomic E-state index is 4.35. The summed E-state index contributed by atoms with van der Waals surface area (Å²) in [4.78, 5) is 4.35. The number of hydrogen-bond donors (Lipinski definition) is 1. The van der Waals surface area contributed by atoms with Gasteiger partial charge in [-0.05, 0) is 59.2 Å². The first-order chi connectivity index (χ1) is 7.17. The molecule has 82 valence electrons. The van der Waals surface area contributed by atoms with Gasteiger partial charge >= 0.3 is 0 Å². The van der Waals surface area contributed by atoms with Gasteiger partial charge in [-0.25, -0.2) is 4.98 Å². The van der Waals surface area contributed by atoms with Crippen LogP contribution >= 0.6 is 15.9 Å². The van der Waals surface area contributed by atoms with E-state index in [9.17, 15) is 0 Å². The average molecular weight is 269 g/mol. The molecular weight excluding hydrogens is 252 g/mol. The van der Waals surface area contributed by atoms with E-state index in [0.717, 1.165) is 16.8 Å². The summed E-state index contributed by atoms with van der Waals surface area (Å²) in [5, 5.41) is 3.45. The van der Waals surface area contributed by atoms with E-state index in [-0.39, 0.29) is 0 Å². The molecule has 0 bridgehead atoms. The summed E-state index contributed by atoms with van der Waals surface area (Å²) in [6, 6.07) is 2.02. The Bertz CT molecular complexity index is 359. The summed E-state index contributed by atoms with van der Waals surface area (Å²) >= 11 is 3.57. The maximum Gasteiger partial charge on any atom is 0.140 e. The van der Waals surface area contributed by atoms with Crippen molar-refractivity contribution < 1.29 is 0 Å². The Morgan fingerprint density at radius 1 is 1.53 bits per heavy atom. The Morgan fingerprint density at radius 3 is 2.87 bits per heavy atom. The van der Waals surface area contributed by atoms with Crippen molar-refractivity contribution in [1.29, 1.82) is 0 Å². The number of halogens is 1. The molecule has 0 saturated heterocycles. The van der Waals surface area contributed by atoms with Gasteiger partial charge in [-0.3, -0.25) is 0 Å². The van der Waals surface area contributed by atoms with Crippen molar-refractivity contribution in [1.82, 2.24) is 4.98 Å². The molecule has 0 aromatic carbocycles. The number of nitrogens with zero attached hydrogens (tertiary/aromatic N) is 1. The second-order valence-electron chi connectivity index (χ2n) is 4.50. The molecule has 2 nitrogen and oxygen atoms in total. The summed E-state index contributed by atoms with van der Waals surface area (Å²) in [5.41, 5.74) is 1.79. The van der Waals surface area contributed by atoms with Gasteiger partial charge in [0.25, 0.3) is 0 Å². The first kappa shape index (κ1) is 10.9. The lowest BCUT2D eigenvalue weighted by atomic mass is 10.0. The lowest BCUT2D eigenvalue weighted by molar-refractivity contribution is 0.520. The Hall–Kier alpha value is -0.570. The van der Waals surface area contributed by atoms with E-state index in [1.807, 2.05) is 12.3 Å². The molecule has 3 heteroatoms. The molecule has 1 saturated carbocycles. The number of rotatable bonds is 4. The van der Waals surface area contributed by atoms with Crippen LogP contribution in [0.2, 0.25) is 0 Å². The topological polar surface area (TPSA) is 24.9 Å². The average Bonchev–Trinajstić information content (AvgIpc) is 3.01. The first-order valence-corrected chi connectivity index (χ1v) is 6.31. The molecule has 1 aliphatic rings. The molecule has 1 aliphatic carbocycles. The van der Waals surface area contributed by atoms with E-state index in [1.54, 1.807) is 0 Å². The van der Waals surface area contributed by atoms with Crippen LogP contribution in [0.4, 0.5) is 5.82 Å². The van der Waals surface area contributed by atoms with Gasteiger partial charge in [0.2, 0.25) is 0 Å². The third-order valence-electron chi connectivity index (χ3n) is 3.42. The number of anilines is 1. The molecule has 0 atom stereocenters. The van der Waals surface area contributed by atoms with Gasteiger partial charge in [-0.15, -0.1) is 0 Å². The zero-order valence-electron chi connectivity index (χ0n) is 9.31. The van der Waals surface area contributed by atoms with Gasteiger partial charge in [0.05, 0.1) is 4.47 Å². The Labute approximate surface area is 99.6 Å². The SMILES string of the molecule is CCC1(CNc2nccc(C)c2Br)CC1. The quantitative estimate of drug-likeness (QED) is 0.900. The molecular formula is C12H17BrN2. The fraction of sp³-hybridized carbons (Fsp3) is 0.583. The van der Waals surface area contributed by atoms with Crippen LogP contribution in [-0.2, 0) is 0 Å². The number of nitrogens with one attached hydrogen (secondary N) is 1. The number of aryl methyl sites for hydroxylation is 1. The maximum atomic E-state index is 4.35. The molecule has 0 radical (unpaired) electrons. The van der Waals surface area contributed by atoms with Crippen LogP contribution in [0.5, 0.6) is 0 Å². The van der Waals surface area contributed by atoms with Crippen molar-refractivity contribution in [2.45, 2.75) is 33.1 Å². The van der Waals surface area contributed by atoms with Crippen molar-refractivity contribution in [3.8, 4) is 0 Å². The largest absolute Gasteiger partial charge is 0.369 e. The van der Waals surface area contributed by atoms with Crippen molar-refractivity contribution in [3.05, 3.63) is 22.3 Å². The molecule has 0 amide bonds. The highest BCUT2D eigenvalue weighted by Gasteiger charge is 2.40. The van der Waals surface area contributed by atoms with Crippen LogP contribution in [0, 0.1) is 12.3 Å². The highest BCUT2D eigenvalue weighted by Crippen LogP contribution is 2.48. The molecule has 1 aromatic rings. The molecule has 2 rings (SSSR count). The summed E-state index contributed by atoms with van der Waals surface area (Å²) in [6.45, 7) is 5.41. The second-order valence-corrected chi connectivity index (χ2v) is 5.29. The molecule has 1 N–H and O–H groups in total. The number of pyridine rings is 1. The van der Waals surface area contributed by atoms with E-state index >= 15 is 0 Å². The minimum Gasteiger partial charge on any atom is -0.369 e. The Balaban J connectivity index is 2.02. The summed E-state index contributed by atoms with van der Waals surface area (Å²) in [6.07, 6.45) is 5.84. The lowest BCUT2D eigenvalue weighted by Crippen LogP contribution is -2.15. The molecule has 0 aliphatic heterocycles. The molecule has 1 fully saturated rings. The predicted octanol–water partition coefficient (Wildman–Crippen LogP) is 3.75. The highest BCUT2D eigenvalue weighted by molar-refractivity contribution is 9.10. The minimum atomic E-state index is 0.560. The molecule has 1 aromatic heterocycles. The van der Waals surface area contributed by atoms with E-state index in [2.05, 4.69) is 40.1 Å². The molecule has 15 heavy (non-hydrogen) atoms. The van der Waals surface area contributed by atoms with Gasteiger partial charge in [0.1, 0.15) is 5.82 Å². The van der Waals surface area contributed by atoms with Gasteiger partial charge in [-0.2, -0.15) is 0 Å². The summed E-state index contributed by atoms with van der Waals surface area (Å²) in [7, 11) is 0. The van der Waals surface area contributed by atoms with Crippen LogP contribution in [0.15, 0.2) is 16.7 Å². The second kappa shape index (κ2) is 4.12. The Morgan fingerprint density at radius 2 is 2.27 bits per heavy atom. The standard InChI is InChI=1S/C12H17BrN2/c1-3-12(5-6-12)8-15-11-10(13)9(2)4-7-14-11/h4,7H,3,5-6,8H2,1-2H3,(H,14,15). The van der Waals surface area contributed by atoms with Gasteiger partial charge in [-0.1, -0.05) is 6.92 Å². The summed E-state index contributed by atoms with van der Waals surface area (Å²) in [5.74, 6) is 0.981. The van der Waals surface area contributed by atoms with Crippen molar-refractivity contribution in [2.75, 3.05) is 11.9 Å². The normalized spacial score (nSPS) is 17.5. The smallest absolute Gasteiger partial charge is 0.140 e. The number of hydrogen-bond acceptors (Lipinski definition) is 2. The lowest BCUT2D eigenvalue weighted by Gasteiger charge is -2.15. The van der Waals surface area contributed by atoms with Gasteiger partial charge in [0.15, 0.2) is 0 Å². The predicted molar refractivity (Wildman–Crippen MR) is 67.1 cm³/mol. The van der Waals surface area contributed by atoms with Crippen molar-refractivity contribution in [2.24, 2.45) is 5.41 Å². The monoisotopic (exact) mass is 268 g/mol. The fourth-order valence-electron chi connectivity index (χ4n) is 1.77. The van der Waals surface area contributed by atoms with Crippen molar-refractivity contribution >= 4 is 21.7 Å². The van der Waals surface area contributed by atoms with Gasteiger partial charge < -0.3 is 5.32 Å². The highest BCUT2D eigenvalue weighted by atomic mass is 79.9. The molecule has 0 spiro atoms. The van der Waals surface area contributed by atoms with E-state index in [1.165, 1.54) is 24.8 Å². The van der Waals surface area contributed by atoms with Crippen LogP contribution in [0.1, 0.15) is 31.7 Å². The number of aromatic nitrogens is 1. The first-order valence-electron chi connectivity index (χ1n) is 5.52. The third-order valence-corrected chi connectivity index (χ3v) is 4.42. The zero-order valence-corrected chi connectivity index (χ0v) is 10.9. The molecule has 1 heterocycles. The van der Waals surface area contributed by atoms with E-state index < -0.39 is 0 Å². The zero-order chi connectivity index (χ0) is 10.9. The summed E-state index contributed by atoms with van der Waals surface area (Å²) < 4.78 is 1.09. The van der Waals surface area contributed by atoms with Gasteiger partial charge in [0, 0.05) is 12.7 Å². The van der Waals surface area contributed by atoms with Crippen LogP contribution < -0.4 is 5.32 Å². The van der Waals surface area contributed by atoms with Crippen molar-refractivity contribution in [3.63, 3.8) is 0 Å². The van der Waals surface area contributed by atoms with Crippen LogP contribution in [0.3, 0.4) is 0 Å². The third kappa shape index (κ3) is 2.33. The van der Waals surface area contributed by atoms with E-state index in [4.69, 9.17) is 0 Å². The van der Waals surface area contributed by atoms with E-state index in [0.29, 0.717) is 5.41 Å². The molecule has 0 unspecified atom stereocenters.